The summed E-state index contributed by atoms with van der Waals surface area (Å²) in [5.74, 6) is 0. The van der Waals surface area contributed by atoms with Crippen molar-refractivity contribution in [2.45, 2.75) is 45.5 Å². The Balaban J connectivity index is 3.75. The molecule has 0 aliphatic rings. The molecule has 0 spiro atoms. The summed E-state index contributed by atoms with van der Waals surface area (Å²) in [6.07, 6.45) is 0. The van der Waals surface area contributed by atoms with E-state index < -0.39 is 5.57 Å². The first-order valence-electron chi connectivity index (χ1n) is 3.40. The van der Waals surface area contributed by atoms with Crippen LogP contribution in [0.25, 0.3) is 0 Å². The first kappa shape index (κ1) is 8.99. The van der Waals surface area contributed by atoms with E-state index in [9.17, 15) is 4.39 Å². The predicted octanol–water partition coefficient (Wildman–Crippen LogP) is 2.35. The van der Waals surface area contributed by atoms with Crippen LogP contribution in [0.3, 0.4) is 0 Å². The third-order valence-corrected chi connectivity index (χ3v) is 0.951. The van der Waals surface area contributed by atoms with Gasteiger partial charge in [0, 0.05) is 0 Å². The average Bonchev–Trinajstić information content (AvgIpc) is 1.14. The number of rotatable bonds is 1. The summed E-state index contributed by atoms with van der Waals surface area (Å²) >= 11 is 0. The molecule has 0 bridgehead atoms. The fraction of sp³-hybridized carbons (Fsp3) is 1.00. The van der Waals surface area contributed by atoms with Gasteiger partial charge in [0.05, 0.1) is 5.57 Å². The second kappa shape index (κ2) is 2.32. The van der Waals surface area contributed by atoms with Crippen molar-refractivity contribution in [1.29, 1.82) is 0 Å². The molecule has 0 atom stereocenters. The van der Waals surface area contributed by atoms with Gasteiger partial charge >= 0.3 is 0 Å². The van der Waals surface area contributed by atoms with Crippen molar-refractivity contribution < 1.29 is 4.39 Å². The third-order valence-electron chi connectivity index (χ3n) is 0.951. The predicted molar refractivity (Wildman–Crippen MR) is 42.1 cm³/mol. The van der Waals surface area contributed by atoms with Crippen molar-refractivity contribution in [3.05, 3.63) is 0 Å². The van der Waals surface area contributed by atoms with E-state index in [1.165, 1.54) is 0 Å². The summed E-state index contributed by atoms with van der Waals surface area (Å²) in [6.45, 7) is 9.40. The summed E-state index contributed by atoms with van der Waals surface area (Å²) in [7, 11) is 0.625. The van der Waals surface area contributed by atoms with Crippen LogP contribution >= 0.6 is 0 Å². The largest absolute Gasteiger partial charge is 0.254 e. The fourth-order valence-electron chi connectivity index (χ4n) is 1.26. The van der Waals surface area contributed by atoms with Crippen molar-refractivity contribution in [2.24, 2.45) is 0 Å². The summed E-state index contributed by atoms with van der Waals surface area (Å²) in [6, 6.07) is 0. The van der Waals surface area contributed by atoms with Crippen molar-refractivity contribution >= 4 is 7.28 Å². The molecular weight excluding hydrogens is 114 g/mol. The molecule has 0 unspecified atom stereocenters. The average molecular weight is 130 g/mol. The highest BCUT2D eigenvalue weighted by molar-refractivity contribution is 6.43. The van der Waals surface area contributed by atoms with Gasteiger partial charge in [0.1, 0.15) is 0 Å². The lowest BCUT2D eigenvalue weighted by molar-refractivity contribution is 0.321. The number of hydrogen-bond acceptors (Lipinski definition) is 0. The summed E-state index contributed by atoms with van der Waals surface area (Å²) in [5.41, 5.74) is -1.02. The highest BCUT2D eigenvalue weighted by Gasteiger charge is 2.26. The zero-order valence-corrected chi connectivity index (χ0v) is 7.09. The molecule has 2 heteroatoms. The molecule has 0 saturated carbocycles. The van der Waals surface area contributed by atoms with Crippen LogP contribution in [0.15, 0.2) is 0 Å². The van der Waals surface area contributed by atoms with E-state index in [1.54, 1.807) is 13.8 Å². The Hall–Kier alpha value is -0.00506. The Morgan fingerprint density at radius 3 is 1.33 bits per heavy atom. The number of hydrogen-bond donors (Lipinski definition) is 0. The molecule has 0 saturated heterocycles. The van der Waals surface area contributed by atoms with Gasteiger partial charge in [-0.2, -0.15) is 0 Å². The minimum absolute atomic E-state index is 0.109. The summed E-state index contributed by atoms with van der Waals surface area (Å²) in [5, 5.41) is 0.109. The first-order chi connectivity index (χ1) is 3.71. The van der Waals surface area contributed by atoms with E-state index in [-0.39, 0.29) is 5.31 Å². The Bertz CT molecular complexity index is 74.1. The van der Waals surface area contributed by atoms with E-state index in [0.29, 0.717) is 7.28 Å². The maximum Gasteiger partial charge on any atom is 0.173 e. The lowest BCUT2D eigenvalue weighted by atomic mass is 9.47. The molecule has 0 aromatic heterocycles. The lowest BCUT2D eigenvalue weighted by Crippen LogP contribution is -2.29. The van der Waals surface area contributed by atoms with E-state index >= 15 is 0 Å². The molecule has 0 fully saturated rings. The molecule has 0 nitrogen and oxygen atoms in total. The van der Waals surface area contributed by atoms with Crippen LogP contribution in [0.2, 0.25) is 5.31 Å². The smallest absolute Gasteiger partial charge is 0.173 e. The van der Waals surface area contributed by atoms with Gasteiger partial charge in [0.15, 0.2) is 7.28 Å². The fourth-order valence-corrected chi connectivity index (χ4v) is 1.26. The molecule has 0 aromatic rings. The highest BCUT2D eigenvalue weighted by atomic mass is 19.1. The minimum Gasteiger partial charge on any atom is -0.254 e. The Kier molecular flexibility index (Phi) is 2.32. The highest BCUT2D eigenvalue weighted by Crippen LogP contribution is 2.26. The monoisotopic (exact) mass is 130 g/mol. The van der Waals surface area contributed by atoms with Gasteiger partial charge in [-0.1, -0.05) is 26.1 Å². The normalized spacial score (nSPS) is 13.6. The zero-order valence-electron chi connectivity index (χ0n) is 7.09. The van der Waals surface area contributed by atoms with Crippen LogP contribution in [0.5, 0.6) is 0 Å². The molecular formula is C7H16BF. The molecule has 0 aliphatic heterocycles. The van der Waals surface area contributed by atoms with E-state index in [0.717, 1.165) is 0 Å². The molecule has 0 amide bonds. The van der Waals surface area contributed by atoms with Crippen molar-refractivity contribution in [1.82, 2.24) is 0 Å². The van der Waals surface area contributed by atoms with Gasteiger partial charge in [0.25, 0.3) is 0 Å². The standard InChI is InChI=1S/C7H16BF/c1-6(2,3)8-7(4,5)9/h8H,1-5H3. The summed E-state index contributed by atoms with van der Waals surface area (Å²) < 4.78 is 12.9. The van der Waals surface area contributed by atoms with Gasteiger partial charge in [-0.3, -0.25) is 4.39 Å². The lowest BCUT2D eigenvalue weighted by Gasteiger charge is -2.23. The molecule has 54 valence electrons. The molecule has 0 aliphatic carbocycles. The van der Waals surface area contributed by atoms with Crippen LogP contribution in [-0.2, 0) is 0 Å². The topological polar surface area (TPSA) is 0 Å². The van der Waals surface area contributed by atoms with E-state index in [4.69, 9.17) is 0 Å². The van der Waals surface area contributed by atoms with Gasteiger partial charge in [-0.05, 0) is 13.8 Å². The maximum atomic E-state index is 12.9. The molecule has 0 rings (SSSR count). The third kappa shape index (κ3) is 7.99. The van der Waals surface area contributed by atoms with E-state index in [1.807, 2.05) is 20.8 Å². The first-order valence-corrected chi connectivity index (χ1v) is 3.40. The second-order valence-corrected chi connectivity index (χ2v) is 4.46. The van der Waals surface area contributed by atoms with Gasteiger partial charge < -0.3 is 0 Å². The minimum atomic E-state index is -1.02. The van der Waals surface area contributed by atoms with Crippen LogP contribution in [0.4, 0.5) is 4.39 Å². The van der Waals surface area contributed by atoms with Crippen LogP contribution in [0, 0.1) is 0 Å². The van der Waals surface area contributed by atoms with Crippen LogP contribution in [0.1, 0.15) is 34.6 Å². The molecule has 0 aromatic carbocycles. The summed E-state index contributed by atoms with van der Waals surface area (Å²) in [4.78, 5) is 0. The Morgan fingerprint density at radius 2 is 1.33 bits per heavy atom. The zero-order chi connectivity index (χ0) is 7.71. The van der Waals surface area contributed by atoms with Crippen molar-refractivity contribution in [3.8, 4) is 0 Å². The van der Waals surface area contributed by atoms with Crippen LogP contribution in [-0.4, -0.2) is 12.8 Å². The molecule has 0 N–H and O–H groups in total. The van der Waals surface area contributed by atoms with Crippen LogP contribution < -0.4 is 0 Å². The SMILES string of the molecule is CC(C)(C)BC(C)(C)F. The quantitative estimate of drug-likeness (QED) is 0.478. The van der Waals surface area contributed by atoms with Crippen molar-refractivity contribution in [3.63, 3.8) is 0 Å². The Morgan fingerprint density at radius 1 is 1.00 bits per heavy atom. The number of alkyl halides is 1. The second-order valence-electron chi connectivity index (χ2n) is 4.46. The van der Waals surface area contributed by atoms with E-state index in [2.05, 4.69) is 0 Å². The van der Waals surface area contributed by atoms with Crippen molar-refractivity contribution in [2.75, 3.05) is 0 Å². The maximum absolute atomic E-state index is 12.9. The molecule has 0 radical (unpaired) electrons. The van der Waals surface area contributed by atoms with Gasteiger partial charge in [-0.15, -0.1) is 0 Å². The van der Waals surface area contributed by atoms with Gasteiger partial charge in [-0.25, -0.2) is 0 Å². The van der Waals surface area contributed by atoms with Gasteiger partial charge in [0.2, 0.25) is 0 Å². The molecule has 0 heterocycles. The Labute approximate surface area is 58.1 Å². The number of halogens is 1. The molecule has 9 heavy (non-hydrogen) atoms.